The van der Waals surface area contributed by atoms with Gasteiger partial charge in [0, 0.05) is 17.4 Å². The predicted octanol–water partition coefficient (Wildman–Crippen LogP) is 5.08. The molecule has 0 radical (unpaired) electrons. The van der Waals surface area contributed by atoms with Crippen molar-refractivity contribution in [2.24, 2.45) is 23.2 Å². The summed E-state index contributed by atoms with van der Waals surface area (Å²) in [7, 11) is 0. The third kappa shape index (κ3) is 3.81. The first-order valence-electron chi connectivity index (χ1n) is 10.7. The Balaban J connectivity index is 1.65. The molecule has 4 heteroatoms. The molecule has 2 fully saturated rings. The standard InChI is InChI=1S/C22H37NO3/c1-5-9-19-20-15(2)12-16(3)22(13-25-19,17(20)4)14-26-21(24)23-18-10-7-6-8-11-18/h12,16-20H,5-11,13-14H2,1-4H3,(H,23,24)/t16-,17+,19+,20+,22+/m0/s1. The van der Waals surface area contributed by atoms with Crippen molar-refractivity contribution in [2.45, 2.75) is 84.8 Å². The molecule has 1 aliphatic heterocycles. The fourth-order valence-corrected chi connectivity index (χ4v) is 5.59. The molecular formula is C22H37NO3. The number of allylic oxidation sites excluding steroid dienone is 1. The lowest BCUT2D eigenvalue weighted by atomic mass is 9.56. The molecule has 2 aliphatic carbocycles. The van der Waals surface area contributed by atoms with E-state index >= 15 is 0 Å². The molecule has 1 N–H and O–H groups in total. The number of nitrogens with one attached hydrogen (secondary N) is 1. The van der Waals surface area contributed by atoms with Gasteiger partial charge < -0.3 is 14.8 Å². The highest BCUT2D eigenvalue weighted by molar-refractivity contribution is 5.67. The van der Waals surface area contributed by atoms with Crippen LogP contribution in [0, 0.1) is 23.2 Å². The molecule has 0 aromatic heterocycles. The van der Waals surface area contributed by atoms with Crippen molar-refractivity contribution in [1.82, 2.24) is 5.32 Å². The largest absolute Gasteiger partial charge is 0.449 e. The Morgan fingerprint density at radius 3 is 2.73 bits per heavy atom. The summed E-state index contributed by atoms with van der Waals surface area (Å²) in [6.07, 6.45) is 10.6. The van der Waals surface area contributed by atoms with Gasteiger partial charge in [-0.1, -0.05) is 58.1 Å². The summed E-state index contributed by atoms with van der Waals surface area (Å²) in [4.78, 5) is 12.4. The van der Waals surface area contributed by atoms with E-state index in [0.717, 1.165) is 25.7 Å². The van der Waals surface area contributed by atoms with Crippen LogP contribution in [0.4, 0.5) is 4.79 Å². The number of hydrogen-bond donors (Lipinski definition) is 1. The molecule has 4 nitrogen and oxygen atoms in total. The first-order valence-corrected chi connectivity index (χ1v) is 10.7. The Morgan fingerprint density at radius 1 is 1.31 bits per heavy atom. The number of carbonyl (C=O) groups is 1. The predicted molar refractivity (Wildman–Crippen MR) is 104 cm³/mol. The van der Waals surface area contributed by atoms with Gasteiger partial charge in [-0.15, -0.1) is 0 Å². The number of carbonyl (C=O) groups excluding carboxylic acids is 1. The van der Waals surface area contributed by atoms with Gasteiger partial charge >= 0.3 is 6.09 Å². The van der Waals surface area contributed by atoms with Gasteiger partial charge in [0.15, 0.2) is 0 Å². The molecule has 3 aliphatic rings. The van der Waals surface area contributed by atoms with Gasteiger partial charge in [-0.05, 0) is 38.0 Å². The normalized spacial score (nSPS) is 37.8. The lowest BCUT2D eigenvalue weighted by Crippen LogP contribution is -2.57. The van der Waals surface area contributed by atoms with Crippen molar-refractivity contribution in [3.05, 3.63) is 11.6 Å². The summed E-state index contributed by atoms with van der Waals surface area (Å²) in [5, 5.41) is 3.08. The molecular weight excluding hydrogens is 326 g/mol. The van der Waals surface area contributed by atoms with Crippen LogP contribution in [-0.2, 0) is 9.47 Å². The van der Waals surface area contributed by atoms with Crippen LogP contribution in [0.2, 0.25) is 0 Å². The zero-order chi connectivity index (χ0) is 18.7. The van der Waals surface area contributed by atoms with Crippen molar-refractivity contribution >= 4 is 6.09 Å². The number of amides is 1. The zero-order valence-corrected chi connectivity index (χ0v) is 17.1. The van der Waals surface area contributed by atoms with E-state index in [2.05, 4.69) is 39.1 Å². The van der Waals surface area contributed by atoms with Crippen molar-refractivity contribution < 1.29 is 14.3 Å². The molecule has 0 aromatic carbocycles. The molecule has 0 unspecified atom stereocenters. The second-order valence-electron chi connectivity index (χ2n) is 8.94. The average molecular weight is 364 g/mol. The van der Waals surface area contributed by atoms with E-state index in [1.165, 1.54) is 24.8 Å². The summed E-state index contributed by atoms with van der Waals surface area (Å²) in [6.45, 7) is 10.2. The highest BCUT2D eigenvalue weighted by Gasteiger charge is 2.53. The van der Waals surface area contributed by atoms with Crippen LogP contribution in [0.5, 0.6) is 0 Å². The summed E-state index contributed by atoms with van der Waals surface area (Å²) >= 11 is 0. The Hall–Kier alpha value is -1.03. The van der Waals surface area contributed by atoms with Crippen molar-refractivity contribution in [3.8, 4) is 0 Å². The van der Waals surface area contributed by atoms with Crippen LogP contribution < -0.4 is 5.32 Å². The molecule has 26 heavy (non-hydrogen) atoms. The van der Waals surface area contributed by atoms with Crippen molar-refractivity contribution in [1.29, 1.82) is 0 Å². The summed E-state index contributed by atoms with van der Waals surface area (Å²) in [5.74, 6) is 1.28. The molecule has 5 atom stereocenters. The van der Waals surface area contributed by atoms with E-state index in [1.807, 2.05) is 0 Å². The van der Waals surface area contributed by atoms with Crippen molar-refractivity contribution in [2.75, 3.05) is 13.2 Å². The van der Waals surface area contributed by atoms with Gasteiger partial charge in [0.05, 0.1) is 12.7 Å². The Morgan fingerprint density at radius 2 is 2.04 bits per heavy atom. The second-order valence-corrected chi connectivity index (χ2v) is 8.94. The van der Waals surface area contributed by atoms with Gasteiger partial charge in [-0.25, -0.2) is 4.79 Å². The van der Waals surface area contributed by atoms with Crippen LogP contribution in [0.1, 0.15) is 72.6 Å². The van der Waals surface area contributed by atoms with E-state index in [4.69, 9.17) is 9.47 Å². The number of alkyl carbamates (subject to hydrolysis) is 1. The highest BCUT2D eigenvalue weighted by atomic mass is 16.6. The first kappa shape index (κ1) is 19.7. The summed E-state index contributed by atoms with van der Waals surface area (Å²) in [5.41, 5.74) is 1.35. The number of rotatable bonds is 5. The smallest absolute Gasteiger partial charge is 0.407 e. The van der Waals surface area contributed by atoms with E-state index in [1.54, 1.807) is 0 Å². The zero-order valence-electron chi connectivity index (χ0n) is 17.1. The maximum Gasteiger partial charge on any atom is 0.407 e. The van der Waals surface area contributed by atoms with E-state index in [0.29, 0.717) is 43.1 Å². The highest BCUT2D eigenvalue weighted by Crippen LogP contribution is 2.53. The lowest BCUT2D eigenvalue weighted by molar-refractivity contribution is -0.164. The minimum Gasteiger partial charge on any atom is -0.449 e. The molecule has 3 rings (SSSR count). The van der Waals surface area contributed by atoms with Gasteiger partial charge in [-0.3, -0.25) is 0 Å². The number of hydrogen-bond acceptors (Lipinski definition) is 3. The monoisotopic (exact) mass is 363 g/mol. The molecule has 1 saturated heterocycles. The molecule has 0 aromatic rings. The van der Waals surface area contributed by atoms with Crippen LogP contribution >= 0.6 is 0 Å². The number of ether oxygens (including phenoxy) is 2. The topological polar surface area (TPSA) is 47.6 Å². The lowest BCUT2D eigenvalue weighted by Gasteiger charge is -2.55. The van der Waals surface area contributed by atoms with Gasteiger partial charge in [0.1, 0.15) is 6.61 Å². The maximum atomic E-state index is 12.4. The van der Waals surface area contributed by atoms with Crippen LogP contribution in [-0.4, -0.2) is 31.5 Å². The van der Waals surface area contributed by atoms with E-state index in [-0.39, 0.29) is 11.5 Å². The summed E-state index contributed by atoms with van der Waals surface area (Å²) in [6, 6.07) is 0.293. The second kappa shape index (κ2) is 8.33. The molecule has 2 bridgehead atoms. The Labute approximate surface area is 159 Å². The van der Waals surface area contributed by atoms with E-state index in [9.17, 15) is 4.79 Å². The third-order valence-corrected chi connectivity index (χ3v) is 7.33. The maximum absolute atomic E-state index is 12.4. The van der Waals surface area contributed by atoms with Crippen molar-refractivity contribution in [3.63, 3.8) is 0 Å². The molecule has 0 spiro atoms. The van der Waals surface area contributed by atoms with Gasteiger partial charge in [0.2, 0.25) is 0 Å². The molecule has 1 saturated carbocycles. The first-order chi connectivity index (χ1) is 12.5. The van der Waals surface area contributed by atoms with Gasteiger partial charge in [-0.2, -0.15) is 0 Å². The Kier molecular flexibility index (Phi) is 6.32. The van der Waals surface area contributed by atoms with Crippen LogP contribution in [0.25, 0.3) is 0 Å². The Bertz CT molecular complexity index is 525. The third-order valence-electron chi connectivity index (χ3n) is 7.33. The van der Waals surface area contributed by atoms with E-state index < -0.39 is 0 Å². The SMILES string of the molecule is CCC[C@H]1OC[C@]2(COC(=O)NC3CCCCC3)[C@H](C)[C@H]1C(C)=C[C@@H]2C. The summed E-state index contributed by atoms with van der Waals surface area (Å²) < 4.78 is 12.1. The van der Waals surface area contributed by atoms with Crippen LogP contribution in [0.15, 0.2) is 11.6 Å². The average Bonchev–Trinajstić information content (AvgIpc) is 2.61. The molecule has 1 amide bonds. The molecule has 148 valence electrons. The minimum absolute atomic E-state index is 0.0989. The quantitative estimate of drug-likeness (QED) is 0.693. The van der Waals surface area contributed by atoms with Crippen LogP contribution in [0.3, 0.4) is 0 Å². The minimum atomic E-state index is -0.246. The fraction of sp³-hybridized carbons (Fsp3) is 0.864. The van der Waals surface area contributed by atoms with Gasteiger partial charge in [0.25, 0.3) is 0 Å². The molecule has 1 heterocycles. The number of fused-ring (bicyclic) bond motifs is 2. The fourth-order valence-electron chi connectivity index (χ4n) is 5.59.